The van der Waals surface area contributed by atoms with Crippen molar-refractivity contribution in [2.45, 2.75) is 65.2 Å². The van der Waals surface area contributed by atoms with Crippen LogP contribution in [0.25, 0.3) is 0 Å². The number of carboxylic acid groups (broad SMARTS) is 1. The Kier molecular flexibility index (Phi) is 6.46. The molecule has 0 aliphatic heterocycles. The zero-order valence-corrected chi connectivity index (χ0v) is 15.6. The largest absolute Gasteiger partial charge is 0.508 e. The molecule has 0 saturated carbocycles. The van der Waals surface area contributed by atoms with Gasteiger partial charge in [0.25, 0.3) is 0 Å². The van der Waals surface area contributed by atoms with Gasteiger partial charge in [0.15, 0.2) is 0 Å². The van der Waals surface area contributed by atoms with Gasteiger partial charge in [0.05, 0.1) is 5.56 Å². The topological polar surface area (TPSA) is 57.5 Å². The molecule has 2 atom stereocenters. The molecule has 3 heteroatoms. The summed E-state index contributed by atoms with van der Waals surface area (Å²) >= 11 is 0. The van der Waals surface area contributed by atoms with E-state index < -0.39 is 5.97 Å². The molecule has 25 heavy (non-hydrogen) atoms. The van der Waals surface area contributed by atoms with Crippen LogP contribution in [-0.2, 0) is 6.42 Å². The highest BCUT2D eigenvalue weighted by atomic mass is 16.4. The van der Waals surface area contributed by atoms with Crippen LogP contribution in [0.3, 0.4) is 0 Å². The summed E-state index contributed by atoms with van der Waals surface area (Å²) in [7, 11) is 0. The standard InChI is InChI=1S/C22H30O3/c1-5-6-7-8-16-12-21(23)20(13-18(16)22(24)25)19-11-15(4)9-10-17(19)14(2)3/h11-13,17,19,23H,2,5-10H2,1,3-4H3,(H,24,25)/t17-,19+/m0/s1. The normalized spacial score (nSPS) is 20.2. The molecule has 0 aromatic heterocycles. The average Bonchev–Trinajstić information content (AvgIpc) is 2.54. The van der Waals surface area contributed by atoms with E-state index >= 15 is 0 Å². The van der Waals surface area contributed by atoms with Crippen LogP contribution in [0.1, 0.15) is 80.3 Å². The Balaban J connectivity index is 2.46. The Morgan fingerprint density at radius 1 is 1.32 bits per heavy atom. The minimum Gasteiger partial charge on any atom is -0.508 e. The van der Waals surface area contributed by atoms with Gasteiger partial charge in [0.2, 0.25) is 0 Å². The molecule has 0 spiro atoms. The molecule has 0 amide bonds. The fraction of sp³-hybridized carbons (Fsp3) is 0.500. The maximum absolute atomic E-state index is 11.8. The number of aromatic hydroxyl groups is 1. The van der Waals surface area contributed by atoms with Crippen molar-refractivity contribution in [3.8, 4) is 5.75 Å². The molecule has 0 fully saturated rings. The lowest BCUT2D eigenvalue weighted by atomic mass is 9.73. The second-order valence-corrected chi connectivity index (χ2v) is 7.36. The van der Waals surface area contributed by atoms with E-state index in [0.717, 1.165) is 43.2 Å². The van der Waals surface area contributed by atoms with E-state index in [1.807, 2.05) is 6.92 Å². The highest BCUT2D eigenvalue weighted by molar-refractivity contribution is 5.90. The van der Waals surface area contributed by atoms with Crippen molar-refractivity contribution in [2.24, 2.45) is 5.92 Å². The first-order valence-corrected chi connectivity index (χ1v) is 9.26. The highest BCUT2D eigenvalue weighted by Gasteiger charge is 2.29. The molecule has 2 N–H and O–H groups in total. The van der Waals surface area contributed by atoms with E-state index in [-0.39, 0.29) is 17.6 Å². The zero-order chi connectivity index (χ0) is 18.6. The molecule has 0 heterocycles. The number of hydrogen-bond acceptors (Lipinski definition) is 2. The summed E-state index contributed by atoms with van der Waals surface area (Å²) < 4.78 is 0. The third-order valence-electron chi connectivity index (χ3n) is 5.27. The van der Waals surface area contributed by atoms with Crippen LogP contribution in [0.5, 0.6) is 5.75 Å². The van der Waals surface area contributed by atoms with E-state index in [4.69, 9.17) is 0 Å². The first-order chi connectivity index (χ1) is 11.8. The molecule has 136 valence electrons. The van der Waals surface area contributed by atoms with Crippen molar-refractivity contribution in [1.82, 2.24) is 0 Å². The minimum absolute atomic E-state index is 0.00552. The molecular weight excluding hydrogens is 312 g/mol. The number of phenolic OH excluding ortho intramolecular Hbond substituents is 1. The van der Waals surface area contributed by atoms with E-state index in [1.165, 1.54) is 5.57 Å². The summed E-state index contributed by atoms with van der Waals surface area (Å²) in [4.78, 5) is 11.8. The summed E-state index contributed by atoms with van der Waals surface area (Å²) in [5.74, 6) is -0.480. The van der Waals surface area contributed by atoms with Crippen LogP contribution in [0.4, 0.5) is 0 Å². The quantitative estimate of drug-likeness (QED) is 0.483. The van der Waals surface area contributed by atoms with Gasteiger partial charge in [-0.05, 0) is 63.1 Å². The van der Waals surface area contributed by atoms with Gasteiger partial charge in [0.1, 0.15) is 5.75 Å². The first-order valence-electron chi connectivity index (χ1n) is 9.26. The third-order valence-corrected chi connectivity index (χ3v) is 5.27. The van der Waals surface area contributed by atoms with Gasteiger partial charge in [-0.15, -0.1) is 0 Å². The maximum Gasteiger partial charge on any atom is 0.335 e. The van der Waals surface area contributed by atoms with Crippen LogP contribution in [-0.4, -0.2) is 16.2 Å². The van der Waals surface area contributed by atoms with Crippen LogP contribution in [0.15, 0.2) is 35.9 Å². The van der Waals surface area contributed by atoms with Crippen molar-refractivity contribution in [2.75, 3.05) is 0 Å². The molecule has 2 rings (SSSR count). The number of unbranched alkanes of at least 4 members (excludes halogenated alkanes) is 2. The number of rotatable bonds is 7. The van der Waals surface area contributed by atoms with Gasteiger partial charge < -0.3 is 10.2 Å². The van der Waals surface area contributed by atoms with Crippen molar-refractivity contribution in [1.29, 1.82) is 0 Å². The van der Waals surface area contributed by atoms with Gasteiger partial charge in [-0.1, -0.05) is 43.6 Å². The summed E-state index contributed by atoms with van der Waals surface area (Å²) in [5.41, 5.74) is 4.12. The molecule has 0 unspecified atom stereocenters. The second-order valence-electron chi connectivity index (χ2n) is 7.36. The van der Waals surface area contributed by atoms with Crippen molar-refractivity contribution < 1.29 is 15.0 Å². The Hall–Kier alpha value is -2.03. The summed E-state index contributed by atoms with van der Waals surface area (Å²) in [6, 6.07) is 3.36. The molecule has 1 aliphatic rings. The van der Waals surface area contributed by atoms with E-state index in [2.05, 4.69) is 26.5 Å². The number of aromatic carboxylic acids is 1. The fourth-order valence-electron chi connectivity index (χ4n) is 3.81. The van der Waals surface area contributed by atoms with Gasteiger partial charge in [-0.25, -0.2) is 4.79 Å². The van der Waals surface area contributed by atoms with Crippen molar-refractivity contribution in [3.05, 3.63) is 52.6 Å². The van der Waals surface area contributed by atoms with Crippen molar-refractivity contribution >= 4 is 5.97 Å². The fourth-order valence-corrected chi connectivity index (χ4v) is 3.81. The Labute approximate surface area is 151 Å². The first kappa shape index (κ1) is 19.3. The number of aryl methyl sites for hydroxylation is 1. The third kappa shape index (κ3) is 4.53. The number of benzene rings is 1. The monoisotopic (exact) mass is 342 g/mol. The number of carboxylic acids is 1. The molecule has 3 nitrogen and oxygen atoms in total. The summed E-state index contributed by atoms with van der Waals surface area (Å²) in [5, 5.41) is 20.3. The van der Waals surface area contributed by atoms with Crippen LogP contribution < -0.4 is 0 Å². The molecule has 0 bridgehead atoms. The number of phenols is 1. The Morgan fingerprint density at radius 3 is 2.64 bits per heavy atom. The predicted octanol–water partition coefficient (Wildman–Crippen LogP) is 5.84. The molecule has 0 radical (unpaired) electrons. The SMILES string of the molecule is C=C(C)[C@@H]1CCC(C)=C[C@H]1c1cc(C(=O)O)c(CCCCC)cc1O. The molecular formula is C22H30O3. The van der Waals surface area contributed by atoms with Crippen LogP contribution >= 0.6 is 0 Å². The molecule has 1 aromatic carbocycles. The Bertz CT molecular complexity index is 685. The lowest BCUT2D eigenvalue weighted by Gasteiger charge is -2.31. The predicted molar refractivity (Wildman–Crippen MR) is 102 cm³/mol. The van der Waals surface area contributed by atoms with Gasteiger partial charge in [-0.3, -0.25) is 0 Å². The lowest BCUT2D eigenvalue weighted by Crippen LogP contribution is -2.18. The molecule has 0 saturated heterocycles. The minimum atomic E-state index is -0.920. The smallest absolute Gasteiger partial charge is 0.335 e. The van der Waals surface area contributed by atoms with E-state index in [0.29, 0.717) is 17.5 Å². The number of hydrogen-bond donors (Lipinski definition) is 2. The maximum atomic E-state index is 11.8. The van der Waals surface area contributed by atoms with Crippen LogP contribution in [0.2, 0.25) is 0 Å². The van der Waals surface area contributed by atoms with Crippen LogP contribution in [0, 0.1) is 5.92 Å². The molecule has 1 aliphatic carbocycles. The molecule has 1 aromatic rings. The Morgan fingerprint density at radius 2 is 2.04 bits per heavy atom. The van der Waals surface area contributed by atoms with Gasteiger partial charge in [0, 0.05) is 11.5 Å². The van der Waals surface area contributed by atoms with E-state index in [1.54, 1.807) is 12.1 Å². The second kappa shape index (κ2) is 8.37. The summed E-state index contributed by atoms with van der Waals surface area (Å²) in [6.45, 7) is 10.3. The zero-order valence-electron chi connectivity index (χ0n) is 15.6. The van der Waals surface area contributed by atoms with Gasteiger partial charge >= 0.3 is 5.97 Å². The highest BCUT2D eigenvalue weighted by Crippen LogP contribution is 2.43. The lowest BCUT2D eigenvalue weighted by molar-refractivity contribution is 0.0695. The number of allylic oxidation sites excluding steroid dienone is 3. The number of carbonyl (C=O) groups is 1. The van der Waals surface area contributed by atoms with Gasteiger partial charge in [-0.2, -0.15) is 0 Å². The van der Waals surface area contributed by atoms with E-state index in [9.17, 15) is 15.0 Å². The summed E-state index contributed by atoms with van der Waals surface area (Å²) in [6.07, 6.45) is 7.94. The average molecular weight is 342 g/mol. The van der Waals surface area contributed by atoms with Crippen molar-refractivity contribution in [3.63, 3.8) is 0 Å².